The quantitative estimate of drug-likeness (QED) is 0.837. The van der Waals surface area contributed by atoms with Crippen molar-refractivity contribution in [3.63, 3.8) is 0 Å². The first-order valence-corrected chi connectivity index (χ1v) is 5.33. The van der Waals surface area contributed by atoms with Crippen molar-refractivity contribution in [1.82, 2.24) is 5.32 Å². The summed E-state index contributed by atoms with van der Waals surface area (Å²) in [6, 6.07) is 5.14. The number of carbonyl (C=O) groups is 1. The van der Waals surface area contributed by atoms with E-state index in [4.69, 9.17) is 22.1 Å². The number of nitrogens with one attached hydrogen (secondary N) is 1. The third-order valence-corrected chi connectivity index (χ3v) is 2.40. The number of benzene rings is 1. The van der Waals surface area contributed by atoms with Crippen LogP contribution in [0.2, 0.25) is 5.02 Å². The minimum absolute atomic E-state index is 0.182. The van der Waals surface area contributed by atoms with E-state index < -0.39 is 6.10 Å². The zero-order valence-corrected chi connectivity index (χ0v) is 10.0. The molecule has 1 aromatic rings. The Balaban J connectivity index is 2.84. The van der Waals surface area contributed by atoms with Gasteiger partial charge in [0.1, 0.15) is 5.75 Å². The molecule has 1 unspecified atom stereocenters. The van der Waals surface area contributed by atoms with Crippen molar-refractivity contribution in [2.45, 2.75) is 19.6 Å². The second kappa shape index (κ2) is 5.72. The Morgan fingerprint density at radius 2 is 2.31 bits per heavy atom. The summed E-state index contributed by atoms with van der Waals surface area (Å²) in [4.78, 5) is 11.3. The van der Waals surface area contributed by atoms with Gasteiger partial charge in [0.2, 0.25) is 0 Å². The number of halogens is 1. The Morgan fingerprint density at radius 1 is 1.62 bits per heavy atom. The van der Waals surface area contributed by atoms with E-state index in [1.165, 1.54) is 0 Å². The number of amides is 1. The maximum Gasteiger partial charge on any atom is 0.260 e. The first-order valence-electron chi connectivity index (χ1n) is 4.95. The Kier molecular flexibility index (Phi) is 4.58. The van der Waals surface area contributed by atoms with Crippen molar-refractivity contribution >= 4 is 17.5 Å². The lowest BCUT2D eigenvalue weighted by Crippen LogP contribution is -2.34. The van der Waals surface area contributed by atoms with Gasteiger partial charge >= 0.3 is 0 Å². The molecule has 4 nitrogen and oxygen atoms in total. The van der Waals surface area contributed by atoms with Crippen LogP contribution in [0.4, 0.5) is 0 Å². The van der Waals surface area contributed by atoms with Gasteiger partial charge in [-0.2, -0.15) is 0 Å². The van der Waals surface area contributed by atoms with Crippen LogP contribution in [0.25, 0.3) is 0 Å². The van der Waals surface area contributed by atoms with Crippen molar-refractivity contribution in [2.24, 2.45) is 5.73 Å². The summed E-state index contributed by atoms with van der Waals surface area (Å²) in [5.41, 5.74) is 6.35. The Labute approximate surface area is 99.7 Å². The number of carbonyl (C=O) groups excluding carboxylic acids is 1. The van der Waals surface area contributed by atoms with E-state index in [0.717, 1.165) is 5.56 Å². The molecule has 0 aliphatic carbocycles. The van der Waals surface area contributed by atoms with Gasteiger partial charge in [-0.05, 0) is 25.1 Å². The molecular formula is C11H15ClN2O2. The summed E-state index contributed by atoms with van der Waals surface area (Å²) in [5, 5.41) is 3.11. The molecule has 16 heavy (non-hydrogen) atoms. The molecule has 1 rings (SSSR count). The third-order valence-electron chi connectivity index (χ3n) is 2.16. The number of nitrogens with two attached hydrogens (primary N) is 1. The fraction of sp³-hybridized carbons (Fsp3) is 0.364. The summed E-state index contributed by atoms with van der Waals surface area (Å²) in [5.74, 6) is 0.404. The first kappa shape index (κ1) is 12.8. The molecule has 0 heterocycles. The van der Waals surface area contributed by atoms with Crippen LogP contribution in [-0.2, 0) is 11.3 Å². The lowest BCUT2D eigenvalue weighted by molar-refractivity contribution is -0.126. The standard InChI is InChI=1S/C11H15ClN2O2/c1-7(11(15)14-2)16-10-4-3-9(12)5-8(10)6-13/h3-5,7H,6,13H2,1-2H3,(H,14,15). The van der Waals surface area contributed by atoms with Gasteiger partial charge in [0.25, 0.3) is 5.91 Å². The minimum atomic E-state index is -0.559. The number of hydrogen-bond acceptors (Lipinski definition) is 3. The Hall–Kier alpha value is -1.26. The van der Waals surface area contributed by atoms with Crippen LogP contribution in [0.5, 0.6) is 5.75 Å². The predicted octanol–water partition coefficient (Wildman–Crippen LogP) is 1.31. The van der Waals surface area contributed by atoms with Crippen LogP contribution in [0.3, 0.4) is 0 Å². The fourth-order valence-electron chi connectivity index (χ4n) is 1.27. The van der Waals surface area contributed by atoms with E-state index in [0.29, 0.717) is 17.3 Å². The SMILES string of the molecule is CNC(=O)C(C)Oc1ccc(Cl)cc1CN. The average molecular weight is 243 g/mol. The number of rotatable bonds is 4. The van der Waals surface area contributed by atoms with Crippen molar-refractivity contribution in [3.8, 4) is 5.75 Å². The number of likely N-dealkylation sites (N-methyl/N-ethyl adjacent to an activating group) is 1. The molecule has 5 heteroatoms. The molecule has 1 aromatic carbocycles. The summed E-state index contributed by atoms with van der Waals surface area (Å²) < 4.78 is 5.49. The lowest BCUT2D eigenvalue weighted by atomic mass is 10.2. The first-order chi connectivity index (χ1) is 7.58. The van der Waals surface area contributed by atoms with Gasteiger partial charge in [-0.25, -0.2) is 0 Å². The molecular weight excluding hydrogens is 228 g/mol. The van der Waals surface area contributed by atoms with Crippen molar-refractivity contribution in [1.29, 1.82) is 0 Å². The molecule has 0 spiro atoms. The maximum atomic E-state index is 11.3. The third kappa shape index (κ3) is 3.12. The molecule has 0 aromatic heterocycles. The largest absolute Gasteiger partial charge is 0.481 e. The van der Waals surface area contributed by atoms with Crippen molar-refractivity contribution in [3.05, 3.63) is 28.8 Å². The summed E-state index contributed by atoms with van der Waals surface area (Å²) >= 11 is 5.83. The zero-order chi connectivity index (χ0) is 12.1. The van der Waals surface area contributed by atoms with Gasteiger partial charge in [-0.3, -0.25) is 4.79 Å². The van der Waals surface area contributed by atoms with Crippen LogP contribution in [0, 0.1) is 0 Å². The predicted molar refractivity (Wildman–Crippen MR) is 63.5 cm³/mol. The van der Waals surface area contributed by atoms with Crippen molar-refractivity contribution < 1.29 is 9.53 Å². The van der Waals surface area contributed by atoms with Gasteiger partial charge in [0, 0.05) is 24.2 Å². The molecule has 0 fully saturated rings. The van der Waals surface area contributed by atoms with Gasteiger partial charge in [0.15, 0.2) is 6.10 Å². The highest BCUT2D eigenvalue weighted by atomic mass is 35.5. The molecule has 0 radical (unpaired) electrons. The molecule has 1 amide bonds. The second-order valence-electron chi connectivity index (χ2n) is 3.33. The van der Waals surface area contributed by atoms with Gasteiger partial charge in [0.05, 0.1) is 0 Å². The summed E-state index contributed by atoms with van der Waals surface area (Å²) in [6.45, 7) is 1.99. The number of ether oxygens (including phenoxy) is 1. The van der Waals surface area contributed by atoms with Gasteiger partial charge < -0.3 is 15.8 Å². The lowest BCUT2D eigenvalue weighted by Gasteiger charge is -2.15. The fourth-order valence-corrected chi connectivity index (χ4v) is 1.46. The van der Waals surface area contributed by atoms with Crippen LogP contribution in [-0.4, -0.2) is 19.1 Å². The van der Waals surface area contributed by atoms with Gasteiger partial charge in [-0.15, -0.1) is 0 Å². The normalized spacial score (nSPS) is 12.0. The maximum absolute atomic E-state index is 11.3. The minimum Gasteiger partial charge on any atom is -0.481 e. The zero-order valence-electron chi connectivity index (χ0n) is 9.29. The monoisotopic (exact) mass is 242 g/mol. The summed E-state index contributed by atoms with van der Waals surface area (Å²) in [7, 11) is 1.56. The van der Waals surface area contributed by atoms with E-state index in [1.54, 1.807) is 32.2 Å². The Morgan fingerprint density at radius 3 is 2.88 bits per heavy atom. The molecule has 0 aliphatic heterocycles. The molecule has 3 N–H and O–H groups in total. The highest BCUT2D eigenvalue weighted by Gasteiger charge is 2.14. The molecule has 88 valence electrons. The van der Waals surface area contributed by atoms with E-state index in [1.807, 2.05) is 0 Å². The van der Waals surface area contributed by atoms with Crippen LogP contribution < -0.4 is 15.8 Å². The topological polar surface area (TPSA) is 64.3 Å². The molecule has 0 aliphatic rings. The molecule has 0 saturated carbocycles. The summed E-state index contributed by atoms with van der Waals surface area (Å²) in [6.07, 6.45) is -0.559. The van der Waals surface area contributed by atoms with E-state index in [9.17, 15) is 4.79 Å². The average Bonchev–Trinajstić information content (AvgIpc) is 2.30. The van der Waals surface area contributed by atoms with E-state index in [-0.39, 0.29) is 5.91 Å². The van der Waals surface area contributed by atoms with Crippen LogP contribution in [0.1, 0.15) is 12.5 Å². The van der Waals surface area contributed by atoms with Gasteiger partial charge in [-0.1, -0.05) is 11.6 Å². The van der Waals surface area contributed by atoms with E-state index >= 15 is 0 Å². The molecule has 1 atom stereocenters. The van der Waals surface area contributed by atoms with E-state index in [2.05, 4.69) is 5.32 Å². The Bertz CT molecular complexity index is 382. The second-order valence-corrected chi connectivity index (χ2v) is 3.77. The molecule has 0 bridgehead atoms. The highest BCUT2D eigenvalue weighted by molar-refractivity contribution is 6.30. The molecule has 0 saturated heterocycles. The smallest absolute Gasteiger partial charge is 0.260 e. The number of hydrogen-bond donors (Lipinski definition) is 2. The van der Waals surface area contributed by atoms with Crippen molar-refractivity contribution in [2.75, 3.05) is 7.05 Å². The van der Waals surface area contributed by atoms with Crippen LogP contribution >= 0.6 is 11.6 Å². The van der Waals surface area contributed by atoms with Crippen LogP contribution in [0.15, 0.2) is 18.2 Å². The highest BCUT2D eigenvalue weighted by Crippen LogP contribution is 2.23.